The molecule has 7 rings (SSSR count). The number of rotatable bonds is 5. The van der Waals surface area contributed by atoms with E-state index in [0.717, 1.165) is 12.0 Å². The summed E-state index contributed by atoms with van der Waals surface area (Å²) in [6.45, 7) is 1.91. The molecule has 2 saturated carbocycles. The van der Waals surface area contributed by atoms with E-state index in [2.05, 4.69) is 12.2 Å². The molecular formula is C26H23NO4. The summed E-state index contributed by atoms with van der Waals surface area (Å²) in [6.07, 6.45) is 5.51. The molecule has 1 saturated heterocycles. The van der Waals surface area contributed by atoms with E-state index < -0.39 is 0 Å². The molecule has 4 aliphatic carbocycles. The number of ketones is 1. The molecule has 5 nitrogen and oxygen atoms in total. The van der Waals surface area contributed by atoms with Gasteiger partial charge in [-0.15, -0.1) is 0 Å². The van der Waals surface area contributed by atoms with Crippen molar-refractivity contribution in [3.05, 3.63) is 71.8 Å². The maximum Gasteiger partial charge on any atom is 0.238 e. The Labute approximate surface area is 180 Å². The Morgan fingerprint density at radius 1 is 0.903 bits per heavy atom. The molecule has 1 aliphatic heterocycles. The number of aryl methyl sites for hydroxylation is 1. The maximum atomic E-state index is 13.2. The summed E-state index contributed by atoms with van der Waals surface area (Å²) in [4.78, 5) is 40.0. The van der Waals surface area contributed by atoms with Gasteiger partial charge >= 0.3 is 0 Å². The molecule has 0 aromatic heterocycles. The molecule has 0 unspecified atom stereocenters. The third-order valence-electron chi connectivity index (χ3n) is 7.50. The summed E-state index contributed by atoms with van der Waals surface area (Å²) >= 11 is 0. The number of imide groups is 1. The van der Waals surface area contributed by atoms with Gasteiger partial charge in [0.2, 0.25) is 11.8 Å². The van der Waals surface area contributed by atoms with Gasteiger partial charge in [0.1, 0.15) is 5.75 Å². The average Bonchev–Trinajstić information content (AvgIpc) is 3.56. The Morgan fingerprint density at radius 3 is 2.06 bits per heavy atom. The molecule has 2 aromatic rings. The molecule has 31 heavy (non-hydrogen) atoms. The Kier molecular flexibility index (Phi) is 3.98. The molecule has 0 radical (unpaired) electrons. The molecule has 2 aromatic carbocycles. The fourth-order valence-electron chi connectivity index (χ4n) is 5.87. The lowest BCUT2D eigenvalue weighted by molar-refractivity contribution is -0.124. The van der Waals surface area contributed by atoms with E-state index in [4.69, 9.17) is 4.74 Å². The first-order chi connectivity index (χ1) is 15.0. The maximum absolute atomic E-state index is 13.2. The van der Waals surface area contributed by atoms with Crippen LogP contribution in [0.1, 0.15) is 22.3 Å². The number of allylic oxidation sites excluding steroid dienone is 2. The number of carbonyl (C=O) groups excluding carboxylic acids is 3. The van der Waals surface area contributed by atoms with Crippen LogP contribution in [0.5, 0.6) is 5.75 Å². The van der Waals surface area contributed by atoms with Gasteiger partial charge in [0.25, 0.3) is 0 Å². The highest BCUT2D eigenvalue weighted by Gasteiger charge is 2.67. The molecule has 156 valence electrons. The van der Waals surface area contributed by atoms with Crippen LogP contribution < -0.4 is 9.64 Å². The van der Waals surface area contributed by atoms with Crippen molar-refractivity contribution in [2.75, 3.05) is 11.5 Å². The highest BCUT2D eigenvalue weighted by atomic mass is 16.5. The summed E-state index contributed by atoms with van der Waals surface area (Å²) in [6, 6.07) is 14.3. The minimum absolute atomic E-state index is 0.0636. The first-order valence-corrected chi connectivity index (χ1v) is 10.9. The molecule has 5 heteroatoms. The minimum Gasteiger partial charge on any atom is -0.485 e. The van der Waals surface area contributed by atoms with E-state index in [-0.39, 0.29) is 47.9 Å². The molecule has 6 atom stereocenters. The van der Waals surface area contributed by atoms with Gasteiger partial charge in [-0.2, -0.15) is 0 Å². The standard InChI is InChI=1S/C26H23NO4/c1-14-2-4-15(5-3-14)22(28)13-31-17-8-6-16(7-9-17)27-25(29)23-18-10-11-19(21-12-20(18)21)24(23)26(27)30/h2-11,18-21,23-24H,12-13H2,1H3/t18-,19-,20-,21-,23+,24+/m0/s1. The largest absolute Gasteiger partial charge is 0.485 e. The number of carbonyl (C=O) groups is 3. The molecule has 2 amide bonds. The van der Waals surface area contributed by atoms with Crippen molar-refractivity contribution in [2.45, 2.75) is 13.3 Å². The van der Waals surface area contributed by atoms with Crippen LogP contribution in [0.4, 0.5) is 5.69 Å². The second-order valence-corrected chi connectivity index (χ2v) is 9.24. The van der Waals surface area contributed by atoms with Crippen molar-refractivity contribution in [1.29, 1.82) is 0 Å². The minimum atomic E-state index is -0.200. The lowest BCUT2D eigenvalue weighted by Gasteiger charge is -2.37. The van der Waals surface area contributed by atoms with Crippen molar-refractivity contribution in [2.24, 2.45) is 35.5 Å². The lowest BCUT2D eigenvalue weighted by Crippen LogP contribution is -2.40. The van der Waals surface area contributed by atoms with Crippen LogP contribution in [0.3, 0.4) is 0 Å². The van der Waals surface area contributed by atoms with E-state index in [1.54, 1.807) is 36.4 Å². The van der Waals surface area contributed by atoms with Crippen molar-refractivity contribution in [3.8, 4) is 5.75 Å². The van der Waals surface area contributed by atoms with Crippen molar-refractivity contribution in [1.82, 2.24) is 0 Å². The van der Waals surface area contributed by atoms with Crippen LogP contribution >= 0.6 is 0 Å². The topological polar surface area (TPSA) is 63.7 Å². The fraction of sp³-hybridized carbons (Fsp3) is 0.346. The summed E-state index contributed by atoms with van der Waals surface area (Å²) < 4.78 is 5.63. The van der Waals surface area contributed by atoms with Gasteiger partial charge in [-0.1, -0.05) is 42.0 Å². The second kappa shape index (κ2) is 6.64. The molecule has 3 fully saturated rings. The molecular weight excluding hydrogens is 390 g/mol. The monoisotopic (exact) mass is 413 g/mol. The zero-order chi connectivity index (χ0) is 21.3. The third-order valence-corrected chi connectivity index (χ3v) is 7.50. The van der Waals surface area contributed by atoms with Gasteiger partial charge in [-0.3, -0.25) is 19.3 Å². The zero-order valence-corrected chi connectivity index (χ0v) is 17.2. The summed E-state index contributed by atoms with van der Waals surface area (Å²) in [7, 11) is 0. The zero-order valence-electron chi connectivity index (χ0n) is 17.2. The highest BCUT2D eigenvalue weighted by molar-refractivity contribution is 6.22. The summed E-state index contributed by atoms with van der Waals surface area (Å²) in [5, 5.41) is 0. The van der Waals surface area contributed by atoms with Crippen molar-refractivity contribution < 1.29 is 19.1 Å². The summed E-state index contributed by atoms with van der Waals surface area (Å²) in [5.74, 6) is 1.52. The van der Waals surface area contributed by atoms with Gasteiger partial charge in [0.15, 0.2) is 12.4 Å². The fourth-order valence-corrected chi connectivity index (χ4v) is 5.87. The number of nitrogens with zero attached hydrogens (tertiary/aromatic N) is 1. The smallest absolute Gasteiger partial charge is 0.238 e. The van der Waals surface area contributed by atoms with Crippen LogP contribution in [-0.2, 0) is 9.59 Å². The number of amides is 2. The predicted octanol–water partition coefficient (Wildman–Crippen LogP) is 3.81. The quantitative estimate of drug-likeness (QED) is 0.425. The molecule has 0 N–H and O–H groups in total. The van der Waals surface area contributed by atoms with Crippen molar-refractivity contribution in [3.63, 3.8) is 0 Å². The van der Waals surface area contributed by atoms with E-state index in [0.29, 0.717) is 28.8 Å². The SMILES string of the molecule is Cc1ccc(C(=O)COc2ccc(N3C(=O)[C@@H]4[C@H]5C=C[C@@H]([C@@H]6C[C@@H]56)[C@H]4C3=O)cc2)cc1. The molecule has 5 aliphatic rings. The Bertz CT molecular complexity index is 1080. The predicted molar refractivity (Wildman–Crippen MR) is 115 cm³/mol. The Hall–Kier alpha value is -3.21. The number of hydrogen-bond acceptors (Lipinski definition) is 4. The van der Waals surface area contributed by atoms with Crippen LogP contribution in [0, 0.1) is 42.4 Å². The summed E-state index contributed by atoms with van der Waals surface area (Å²) in [5.41, 5.74) is 2.29. The Balaban J connectivity index is 1.16. The molecule has 2 bridgehead atoms. The number of benzene rings is 2. The van der Waals surface area contributed by atoms with Gasteiger partial charge in [0, 0.05) is 5.56 Å². The van der Waals surface area contributed by atoms with Gasteiger partial charge in [0.05, 0.1) is 17.5 Å². The van der Waals surface area contributed by atoms with E-state index in [1.165, 1.54) is 4.90 Å². The van der Waals surface area contributed by atoms with Crippen LogP contribution in [0.15, 0.2) is 60.7 Å². The Morgan fingerprint density at radius 2 is 1.48 bits per heavy atom. The third kappa shape index (κ3) is 2.79. The van der Waals surface area contributed by atoms with Gasteiger partial charge in [-0.05, 0) is 61.3 Å². The average molecular weight is 413 g/mol. The van der Waals surface area contributed by atoms with Crippen molar-refractivity contribution >= 4 is 23.3 Å². The number of hydrogen-bond donors (Lipinski definition) is 0. The van der Waals surface area contributed by atoms with Gasteiger partial charge < -0.3 is 4.74 Å². The molecule has 0 spiro atoms. The normalized spacial score (nSPS) is 32.1. The second-order valence-electron chi connectivity index (χ2n) is 9.24. The van der Waals surface area contributed by atoms with Crippen LogP contribution in [0.25, 0.3) is 0 Å². The highest BCUT2D eigenvalue weighted by Crippen LogP contribution is 2.65. The number of ether oxygens (including phenoxy) is 1. The molecule has 1 heterocycles. The van der Waals surface area contributed by atoms with E-state index >= 15 is 0 Å². The van der Waals surface area contributed by atoms with Crippen LogP contribution in [-0.4, -0.2) is 24.2 Å². The first-order valence-electron chi connectivity index (χ1n) is 10.9. The number of Topliss-reactive ketones (excluding diaryl/α,β-unsaturated/α-hetero) is 1. The van der Waals surface area contributed by atoms with E-state index in [9.17, 15) is 14.4 Å². The number of anilines is 1. The van der Waals surface area contributed by atoms with E-state index in [1.807, 2.05) is 19.1 Å². The van der Waals surface area contributed by atoms with Crippen LogP contribution in [0.2, 0.25) is 0 Å². The van der Waals surface area contributed by atoms with Gasteiger partial charge in [-0.25, -0.2) is 0 Å². The lowest BCUT2D eigenvalue weighted by atomic mass is 9.63. The first kappa shape index (κ1) is 18.6.